The highest BCUT2D eigenvalue weighted by Gasteiger charge is 2.49. The first-order valence-electron chi connectivity index (χ1n) is 11.2. The third-order valence-electron chi connectivity index (χ3n) is 6.94. The number of carbonyl (C=O) groups is 1. The van der Waals surface area contributed by atoms with Crippen LogP contribution in [0.4, 0.5) is 5.69 Å². The van der Waals surface area contributed by atoms with Crippen LogP contribution in [-0.2, 0) is 4.79 Å². The van der Waals surface area contributed by atoms with Crippen LogP contribution in [-0.4, -0.2) is 53.9 Å². The Balaban J connectivity index is 1.58. The van der Waals surface area contributed by atoms with E-state index in [0.717, 1.165) is 37.0 Å². The van der Waals surface area contributed by atoms with E-state index in [9.17, 15) is 15.0 Å². The second-order valence-electron chi connectivity index (χ2n) is 8.83. The van der Waals surface area contributed by atoms with Crippen LogP contribution in [0.3, 0.4) is 0 Å². The van der Waals surface area contributed by atoms with Gasteiger partial charge in [0.05, 0.1) is 26.4 Å². The number of phenolic OH excluding ortho intramolecular Hbond substituents is 1. The Hall–Kier alpha value is -2.77. The van der Waals surface area contributed by atoms with E-state index in [1.807, 2.05) is 36.4 Å². The van der Waals surface area contributed by atoms with Crippen molar-refractivity contribution in [2.45, 2.75) is 43.7 Å². The first kappa shape index (κ1) is 22.4. The first-order chi connectivity index (χ1) is 15.4. The van der Waals surface area contributed by atoms with Crippen molar-refractivity contribution >= 4 is 11.6 Å². The molecule has 32 heavy (non-hydrogen) atoms. The van der Waals surface area contributed by atoms with Gasteiger partial charge in [-0.2, -0.15) is 0 Å². The Morgan fingerprint density at radius 3 is 2.62 bits per heavy atom. The molecule has 1 amide bonds. The van der Waals surface area contributed by atoms with Crippen molar-refractivity contribution in [3.8, 4) is 17.2 Å². The number of likely N-dealkylation sites (tertiary alicyclic amines) is 1. The highest BCUT2D eigenvalue weighted by Crippen LogP contribution is 2.50. The molecule has 1 saturated heterocycles. The molecule has 2 aromatic rings. The number of anilines is 1. The van der Waals surface area contributed by atoms with Crippen LogP contribution in [0.5, 0.6) is 17.2 Å². The number of aliphatic hydroxyl groups is 1. The Bertz CT molecular complexity index is 948. The van der Waals surface area contributed by atoms with Gasteiger partial charge in [0.15, 0.2) is 11.5 Å². The zero-order valence-electron chi connectivity index (χ0n) is 18.7. The van der Waals surface area contributed by atoms with Gasteiger partial charge in [-0.1, -0.05) is 18.9 Å². The van der Waals surface area contributed by atoms with Crippen molar-refractivity contribution in [1.29, 1.82) is 0 Å². The van der Waals surface area contributed by atoms with E-state index in [0.29, 0.717) is 24.4 Å². The molecule has 0 spiro atoms. The van der Waals surface area contributed by atoms with Crippen LogP contribution in [0.1, 0.15) is 43.7 Å². The molecule has 7 heteroatoms. The average Bonchev–Trinajstić information content (AvgIpc) is 2.80. The molecule has 3 N–H and O–H groups in total. The molecular weight excluding hydrogens is 408 g/mol. The normalized spacial score (nSPS) is 25.6. The molecule has 2 aliphatic rings. The number of hydrogen-bond donors (Lipinski definition) is 3. The van der Waals surface area contributed by atoms with Crippen molar-refractivity contribution in [1.82, 2.24) is 4.90 Å². The Morgan fingerprint density at radius 2 is 1.91 bits per heavy atom. The molecule has 2 unspecified atom stereocenters. The summed E-state index contributed by atoms with van der Waals surface area (Å²) in [7, 11) is 3.13. The largest absolute Gasteiger partial charge is 0.504 e. The maximum atomic E-state index is 12.9. The lowest BCUT2D eigenvalue weighted by atomic mass is 9.66. The first-order valence-corrected chi connectivity index (χ1v) is 11.2. The fourth-order valence-corrected chi connectivity index (χ4v) is 5.30. The molecular formula is C25H32N2O5. The zero-order chi connectivity index (χ0) is 22.7. The van der Waals surface area contributed by atoms with Gasteiger partial charge in [-0.15, -0.1) is 0 Å². The summed E-state index contributed by atoms with van der Waals surface area (Å²) in [6.07, 6.45) is 4.43. The molecule has 1 heterocycles. The predicted molar refractivity (Wildman–Crippen MR) is 122 cm³/mol. The standard InChI is InChI=1S/C25H32N2O5/c1-31-19-9-7-18(8-10-19)26-23(29)16-27-14-13-25(30)12-4-3-5-20(25)24(27)17-6-11-21(28)22(15-17)32-2/h6-11,15,20,24,28,30H,3-5,12-14,16H2,1-2H3,(H,26,29)/t20?,24-,25?/m0/s1. The smallest absolute Gasteiger partial charge is 0.238 e. The minimum Gasteiger partial charge on any atom is -0.504 e. The summed E-state index contributed by atoms with van der Waals surface area (Å²) in [5, 5.41) is 24.5. The summed E-state index contributed by atoms with van der Waals surface area (Å²) in [4.78, 5) is 15.1. The lowest BCUT2D eigenvalue weighted by Crippen LogP contribution is -2.56. The van der Waals surface area contributed by atoms with E-state index < -0.39 is 5.60 Å². The summed E-state index contributed by atoms with van der Waals surface area (Å²) in [6.45, 7) is 0.837. The van der Waals surface area contributed by atoms with Gasteiger partial charge in [-0.25, -0.2) is 0 Å². The lowest BCUT2D eigenvalue weighted by molar-refractivity contribution is -0.135. The number of methoxy groups -OCH3 is 2. The number of carbonyl (C=O) groups excluding carboxylic acids is 1. The molecule has 1 aliphatic heterocycles. The molecule has 0 aromatic heterocycles. The fraction of sp³-hybridized carbons (Fsp3) is 0.480. The number of benzene rings is 2. The number of rotatable bonds is 6. The molecule has 172 valence electrons. The monoisotopic (exact) mass is 440 g/mol. The number of piperidine rings is 1. The molecule has 0 radical (unpaired) electrons. The molecule has 2 aromatic carbocycles. The van der Waals surface area contributed by atoms with Crippen LogP contribution in [0.15, 0.2) is 42.5 Å². The number of phenols is 1. The molecule has 3 atom stereocenters. The summed E-state index contributed by atoms with van der Waals surface area (Å²) < 4.78 is 10.5. The van der Waals surface area contributed by atoms with Crippen molar-refractivity contribution in [3.63, 3.8) is 0 Å². The summed E-state index contributed by atoms with van der Waals surface area (Å²) in [5.41, 5.74) is 0.934. The van der Waals surface area contributed by atoms with Gasteiger partial charge in [0.25, 0.3) is 0 Å². The maximum Gasteiger partial charge on any atom is 0.238 e. The molecule has 4 rings (SSSR count). The van der Waals surface area contributed by atoms with E-state index in [2.05, 4.69) is 10.2 Å². The second-order valence-corrected chi connectivity index (χ2v) is 8.83. The van der Waals surface area contributed by atoms with Crippen LogP contribution >= 0.6 is 0 Å². The SMILES string of the molecule is COc1ccc(NC(=O)CN2CCC3(O)CCCCC3[C@@H]2c2ccc(O)c(OC)c2)cc1. The summed E-state index contributed by atoms with van der Waals surface area (Å²) in [5.74, 6) is 1.13. The van der Waals surface area contributed by atoms with Gasteiger partial charge in [0.1, 0.15) is 5.75 Å². The highest BCUT2D eigenvalue weighted by molar-refractivity contribution is 5.92. The Labute approximate surface area is 189 Å². The number of hydrogen-bond acceptors (Lipinski definition) is 6. The topological polar surface area (TPSA) is 91.3 Å². The quantitative estimate of drug-likeness (QED) is 0.634. The van der Waals surface area contributed by atoms with Crippen LogP contribution < -0.4 is 14.8 Å². The highest BCUT2D eigenvalue weighted by atomic mass is 16.5. The Kier molecular flexibility index (Phi) is 6.58. The number of fused-ring (bicyclic) bond motifs is 1. The average molecular weight is 441 g/mol. The zero-order valence-corrected chi connectivity index (χ0v) is 18.7. The van der Waals surface area contributed by atoms with Gasteiger partial charge in [0, 0.05) is 24.2 Å². The van der Waals surface area contributed by atoms with Gasteiger partial charge in [-0.3, -0.25) is 9.69 Å². The second kappa shape index (κ2) is 9.38. The van der Waals surface area contributed by atoms with E-state index >= 15 is 0 Å². The number of ether oxygens (including phenoxy) is 2. The van der Waals surface area contributed by atoms with Crippen molar-refractivity contribution in [2.24, 2.45) is 5.92 Å². The van der Waals surface area contributed by atoms with Crippen molar-refractivity contribution in [3.05, 3.63) is 48.0 Å². The predicted octanol–water partition coefficient (Wildman–Crippen LogP) is 3.72. The van der Waals surface area contributed by atoms with E-state index in [1.165, 1.54) is 7.11 Å². The summed E-state index contributed by atoms with van der Waals surface area (Å²) >= 11 is 0. The van der Waals surface area contributed by atoms with E-state index in [1.54, 1.807) is 13.2 Å². The molecule has 7 nitrogen and oxygen atoms in total. The van der Waals surface area contributed by atoms with Crippen molar-refractivity contribution < 1.29 is 24.5 Å². The summed E-state index contributed by atoms with van der Waals surface area (Å²) in [6, 6.07) is 12.4. The number of nitrogens with one attached hydrogen (secondary N) is 1. The lowest BCUT2D eigenvalue weighted by Gasteiger charge is -2.52. The van der Waals surface area contributed by atoms with Crippen LogP contribution in [0.25, 0.3) is 0 Å². The van der Waals surface area contributed by atoms with Gasteiger partial charge >= 0.3 is 0 Å². The fourth-order valence-electron chi connectivity index (χ4n) is 5.30. The molecule has 2 fully saturated rings. The molecule has 1 aliphatic carbocycles. The van der Waals surface area contributed by atoms with Gasteiger partial charge in [-0.05, 0) is 61.2 Å². The number of amides is 1. The molecule has 1 saturated carbocycles. The maximum absolute atomic E-state index is 12.9. The van der Waals surface area contributed by atoms with Crippen molar-refractivity contribution in [2.75, 3.05) is 32.6 Å². The Morgan fingerprint density at radius 1 is 1.12 bits per heavy atom. The van der Waals surface area contributed by atoms with Crippen LogP contribution in [0.2, 0.25) is 0 Å². The third kappa shape index (κ3) is 4.54. The van der Waals surface area contributed by atoms with Crippen LogP contribution in [0, 0.1) is 5.92 Å². The minimum atomic E-state index is -0.725. The van der Waals surface area contributed by atoms with Gasteiger partial charge < -0.3 is 25.0 Å². The van der Waals surface area contributed by atoms with E-state index in [4.69, 9.17) is 9.47 Å². The minimum absolute atomic E-state index is 0.0213. The molecule has 0 bridgehead atoms. The van der Waals surface area contributed by atoms with Gasteiger partial charge in [0.2, 0.25) is 5.91 Å². The number of aromatic hydroxyl groups is 1. The van der Waals surface area contributed by atoms with E-state index in [-0.39, 0.29) is 30.2 Å². The third-order valence-corrected chi connectivity index (χ3v) is 6.94. The number of nitrogens with zero attached hydrogens (tertiary/aromatic N) is 1.